The predicted molar refractivity (Wildman–Crippen MR) is 101 cm³/mol. The maximum Gasteiger partial charge on any atom is 0.243 e. The molecule has 2 fully saturated rings. The average Bonchev–Trinajstić information content (AvgIpc) is 2.69. The first-order valence-electron chi connectivity index (χ1n) is 9.54. The van der Waals surface area contributed by atoms with Gasteiger partial charge in [0, 0.05) is 19.6 Å². The fourth-order valence-corrected chi connectivity index (χ4v) is 5.70. The molecule has 3 rings (SSSR count). The molecular formula is C19H29N3O3S. The van der Waals surface area contributed by atoms with Crippen molar-refractivity contribution in [2.75, 3.05) is 33.2 Å². The molecule has 1 aromatic rings. The Morgan fingerprint density at radius 2 is 1.77 bits per heavy atom. The number of benzene rings is 1. The summed E-state index contributed by atoms with van der Waals surface area (Å²) in [6.45, 7) is 2.84. The zero-order valence-corrected chi connectivity index (χ0v) is 16.2. The van der Waals surface area contributed by atoms with Crippen LogP contribution < -0.4 is 5.32 Å². The van der Waals surface area contributed by atoms with E-state index < -0.39 is 16.1 Å². The Kier molecular flexibility index (Phi) is 6.32. The second-order valence-corrected chi connectivity index (χ2v) is 9.16. The van der Waals surface area contributed by atoms with Gasteiger partial charge in [0.1, 0.15) is 6.04 Å². The van der Waals surface area contributed by atoms with Crippen molar-refractivity contribution in [1.82, 2.24) is 14.5 Å². The quantitative estimate of drug-likeness (QED) is 0.845. The van der Waals surface area contributed by atoms with Gasteiger partial charge in [0.05, 0.1) is 4.90 Å². The molecular weight excluding hydrogens is 350 g/mol. The number of carbonyl (C=O) groups is 1. The minimum Gasteiger partial charge on any atom is -0.341 e. The van der Waals surface area contributed by atoms with E-state index in [1.54, 1.807) is 30.3 Å². The Hall–Kier alpha value is -1.44. The van der Waals surface area contributed by atoms with Gasteiger partial charge in [-0.2, -0.15) is 4.31 Å². The molecule has 0 radical (unpaired) electrons. The highest BCUT2D eigenvalue weighted by Gasteiger charge is 2.39. The molecule has 1 atom stereocenters. The number of nitrogens with one attached hydrogen (secondary N) is 1. The molecule has 144 valence electrons. The number of rotatable bonds is 5. The maximum absolute atomic E-state index is 13.1. The molecule has 1 aromatic carbocycles. The van der Waals surface area contributed by atoms with E-state index in [4.69, 9.17) is 0 Å². The molecule has 7 heteroatoms. The topological polar surface area (TPSA) is 69.7 Å². The molecule has 1 N–H and O–H groups in total. The van der Waals surface area contributed by atoms with Crippen LogP contribution in [0.5, 0.6) is 0 Å². The first-order chi connectivity index (χ1) is 12.5. The fourth-order valence-electron chi connectivity index (χ4n) is 4.02. The molecule has 1 amide bonds. The van der Waals surface area contributed by atoms with E-state index in [9.17, 15) is 13.2 Å². The first-order valence-corrected chi connectivity index (χ1v) is 11.0. The van der Waals surface area contributed by atoms with Crippen molar-refractivity contribution in [1.29, 1.82) is 0 Å². The SMILES string of the molecule is CNCC1CCN(C(=O)C2CCCCN2S(=O)(=O)c2ccccc2)CC1. The number of nitrogens with zero attached hydrogens (tertiary/aromatic N) is 2. The standard InChI is InChI=1S/C19H29N3O3S/c1-20-15-16-10-13-21(14-11-16)19(23)18-9-5-6-12-22(18)26(24,25)17-7-3-2-4-8-17/h2-4,7-8,16,18,20H,5-6,9-15H2,1H3. The monoisotopic (exact) mass is 379 g/mol. The molecule has 0 aliphatic carbocycles. The van der Waals surface area contributed by atoms with Crippen LogP contribution in [0.2, 0.25) is 0 Å². The van der Waals surface area contributed by atoms with Crippen molar-refractivity contribution < 1.29 is 13.2 Å². The van der Waals surface area contributed by atoms with E-state index in [0.717, 1.165) is 45.3 Å². The zero-order chi connectivity index (χ0) is 18.6. The summed E-state index contributed by atoms with van der Waals surface area (Å²) in [5.41, 5.74) is 0. The summed E-state index contributed by atoms with van der Waals surface area (Å²) in [4.78, 5) is 15.3. The minimum atomic E-state index is -3.64. The molecule has 0 bridgehead atoms. The number of likely N-dealkylation sites (tertiary alicyclic amines) is 1. The molecule has 2 aliphatic rings. The Bertz CT molecular complexity index is 700. The van der Waals surface area contributed by atoms with Crippen molar-refractivity contribution in [2.45, 2.75) is 43.0 Å². The van der Waals surface area contributed by atoms with Crippen LogP contribution in [0.25, 0.3) is 0 Å². The minimum absolute atomic E-state index is 0.0212. The Balaban J connectivity index is 1.74. The maximum atomic E-state index is 13.1. The molecule has 26 heavy (non-hydrogen) atoms. The van der Waals surface area contributed by atoms with Crippen LogP contribution >= 0.6 is 0 Å². The number of carbonyl (C=O) groups excluding carboxylic acids is 1. The summed E-state index contributed by atoms with van der Waals surface area (Å²) in [5.74, 6) is 0.576. The van der Waals surface area contributed by atoms with Gasteiger partial charge < -0.3 is 10.2 Å². The van der Waals surface area contributed by atoms with Crippen molar-refractivity contribution in [3.8, 4) is 0 Å². The smallest absolute Gasteiger partial charge is 0.243 e. The Morgan fingerprint density at radius 3 is 2.42 bits per heavy atom. The highest BCUT2D eigenvalue weighted by Crippen LogP contribution is 2.28. The molecule has 0 spiro atoms. The van der Waals surface area contributed by atoms with Crippen LogP contribution in [-0.4, -0.2) is 62.8 Å². The van der Waals surface area contributed by atoms with Crippen LogP contribution in [0, 0.1) is 5.92 Å². The lowest BCUT2D eigenvalue weighted by Gasteiger charge is -2.39. The van der Waals surface area contributed by atoms with Gasteiger partial charge in [-0.05, 0) is 57.3 Å². The van der Waals surface area contributed by atoms with Gasteiger partial charge in [-0.3, -0.25) is 4.79 Å². The third kappa shape index (κ3) is 4.10. The number of amides is 1. The second-order valence-electron chi connectivity index (χ2n) is 7.27. The highest BCUT2D eigenvalue weighted by atomic mass is 32.2. The molecule has 1 unspecified atom stereocenters. The van der Waals surface area contributed by atoms with E-state index in [0.29, 0.717) is 18.9 Å². The molecule has 2 aliphatic heterocycles. The lowest BCUT2D eigenvalue weighted by molar-refractivity contribution is -0.137. The lowest BCUT2D eigenvalue weighted by atomic mass is 9.95. The second kappa shape index (κ2) is 8.50. The van der Waals surface area contributed by atoms with Gasteiger partial charge in [-0.25, -0.2) is 8.42 Å². The van der Waals surface area contributed by atoms with Crippen LogP contribution in [0.3, 0.4) is 0 Å². The molecule has 2 heterocycles. The zero-order valence-electron chi connectivity index (χ0n) is 15.4. The van der Waals surface area contributed by atoms with Crippen LogP contribution in [0.4, 0.5) is 0 Å². The van der Waals surface area contributed by atoms with E-state index in [-0.39, 0.29) is 10.8 Å². The molecule has 6 nitrogen and oxygen atoms in total. The average molecular weight is 380 g/mol. The summed E-state index contributed by atoms with van der Waals surface area (Å²) in [5, 5.41) is 3.20. The highest BCUT2D eigenvalue weighted by molar-refractivity contribution is 7.89. The van der Waals surface area contributed by atoms with Gasteiger partial charge >= 0.3 is 0 Å². The summed E-state index contributed by atoms with van der Waals surface area (Å²) in [6.07, 6.45) is 4.27. The summed E-state index contributed by atoms with van der Waals surface area (Å²) < 4.78 is 27.6. The molecule has 0 aromatic heterocycles. The number of piperidine rings is 2. The number of sulfonamides is 1. The van der Waals surface area contributed by atoms with Crippen LogP contribution in [0.1, 0.15) is 32.1 Å². The van der Waals surface area contributed by atoms with Crippen LogP contribution in [-0.2, 0) is 14.8 Å². The summed E-state index contributed by atoms with van der Waals surface area (Å²) >= 11 is 0. The Labute approximate surface area is 156 Å². The fraction of sp³-hybridized carbons (Fsp3) is 0.632. The van der Waals surface area contributed by atoms with E-state index >= 15 is 0 Å². The molecule has 2 saturated heterocycles. The van der Waals surface area contributed by atoms with Gasteiger partial charge in [0.15, 0.2) is 0 Å². The van der Waals surface area contributed by atoms with Gasteiger partial charge in [-0.15, -0.1) is 0 Å². The van der Waals surface area contributed by atoms with Gasteiger partial charge in [-0.1, -0.05) is 24.6 Å². The summed E-state index contributed by atoms with van der Waals surface area (Å²) in [6, 6.07) is 7.89. The third-order valence-corrected chi connectivity index (χ3v) is 7.43. The van der Waals surface area contributed by atoms with Crippen molar-refractivity contribution >= 4 is 15.9 Å². The number of hydrogen-bond acceptors (Lipinski definition) is 4. The Morgan fingerprint density at radius 1 is 1.08 bits per heavy atom. The predicted octanol–water partition coefficient (Wildman–Crippen LogP) is 1.69. The van der Waals surface area contributed by atoms with Crippen molar-refractivity contribution in [3.05, 3.63) is 30.3 Å². The van der Waals surface area contributed by atoms with E-state index in [2.05, 4.69) is 5.32 Å². The normalized spacial score (nSPS) is 23.1. The van der Waals surface area contributed by atoms with E-state index in [1.807, 2.05) is 11.9 Å². The van der Waals surface area contributed by atoms with Gasteiger partial charge in [0.25, 0.3) is 0 Å². The largest absolute Gasteiger partial charge is 0.341 e. The third-order valence-electron chi connectivity index (χ3n) is 5.51. The van der Waals surface area contributed by atoms with Gasteiger partial charge in [0.2, 0.25) is 15.9 Å². The summed E-state index contributed by atoms with van der Waals surface area (Å²) in [7, 11) is -1.69. The van der Waals surface area contributed by atoms with Crippen molar-refractivity contribution in [3.63, 3.8) is 0 Å². The first kappa shape index (κ1) is 19.3. The van der Waals surface area contributed by atoms with Crippen LogP contribution in [0.15, 0.2) is 35.2 Å². The van der Waals surface area contributed by atoms with Crippen molar-refractivity contribution in [2.24, 2.45) is 5.92 Å². The molecule has 0 saturated carbocycles. The number of hydrogen-bond donors (Lipinski definition) is 1. The lowest BCUT2D eigenvalue weighted by Crippen LogP contribution is -2.54. The van der Waals surface area contributed by atoms with E-state index in [1.165, 1.54) is 4.31 Å².